The first-order chi connectivity index (χ1) is 10.7. The van der Waals surface area contributed by atoms with Crippen LogP contribution in [0.2, 0.25) is 0 Å². The van der Waals surface area contributed by atoms with Crippen LogP contribution in [0.4, 0.5) is 4.20 Å². The molecule has 0 radical (unpaired) electrons. The number of hydrogen-bond acceptors (Lipinski definition) is 6. The van der Waals surface area contributed by atoms with Gasteiger partial charge < -0.3 is 18.5 Å². The van der Waals surface area contributed by atoms with Gasteiger partial charge in [0, 0.05) is 18.2 Å². The lowest BCUT2D eigenvalue weighted by atomic mass is 10.1. The molecular formula is C14H20FN2O5P. The van der Waals surface area contributed by atoms with Crippen molar-refractivity contribution in [2.75, 3.05) is 6.61 Å². The normalized spacial score (nSPS) is 27.4. The summed E-state index contributed by atoms with van der Waals surface area (Å²) < 4.78 is 37.2. The third-order valence-electron chi connectivity index (χ3n) is 3.52. The van der Waals surface area contributed by atoms with Gasteiger partial charge in [0.15, 0.2) is 0 Å². The fourth-order valence-corrected chi connectivity index (χ4v) is 3.25. The van der Waals surface area contributed by atoms with E-state index in [0.717, 1.165) is 0 Å². The highest BCUT2D eigenvalue weighted by Gasteiger charge is 2.44. The highest BCUT2D eigenvalue weighted by molar-refractivity contribution is 7.41. The Balaban J connectivity index is 1.63. The van der Waals surface area contributed by atoms with Crippen LogP contribution >= 0.6 is 8.69 Å². The van der Waals surface area contributed by atoms with Gasteiger partial charge in [0.2, 0.25) is 0 Å². The van der Waals surface area contributed by atoms with Gasteiger partial charge in [0.25, 0.3) is 5.56 Å². The van der Waals surface area contributed by atoms with E-state index in [1.54, 1.807) is 38.5 Å². The molecular weight excluding hydrogens is 326 g/mol. The minimum atomic E-state index is -2.48. The van der Waals surface area contributed by atoms with E-state index in [9.17, 15) is 8.99 Å². The number of rotatable bonds is 4. The highest BCUT2D eigenvalue weighted by atomic mass is 31.2. The minimum Gasteiger partial charge on any atom is -0.458 e. The minimum absolute atomic E-state index is 0.0250. The average molecular weight is 346 g/mol. The molecule has 0 aromatic carbocycles. The molecule has 1 aromatic heterocycles. The van der Waals surface area contributed by atoms with Crippen molar-refractivity contribution in [1.82, 2.24) is 9.55 Å². The Morgan fingerprint density at radius 2 is 2.26 bits per heavy atom. The first kappa shape index (κ1) is 16.8. The van der Waals surface area contributed by atoms with Gasteiger partial charge in [0.1, 0.15) is 18.4 Å². The van der Waals surface area contributed by atoms with Crippen LogP contribution < -0.4 is 10.3 Å². The SMILES string of the molecule is Cc1cn2c(nc1=O)O[C@@H]1C[C@H]2O[C@@H]1COP(F)OC(C)(C)C. The molecule has 3 heterocycles. The Bertz CT molecular complexity index is 647. The van der Waals surface area contributed by atoms with Gasteiger partial charge in [-0.15, -0.1) is 0 Å². The van der Waals surface area contributed by atoms with Crippen LogP contribution in [0.1, 0.15) is 39.0 Å². The van der Waals surface area contributed by atoms with Crippen molar-refractivity contribution in [3.8, 4) is 6.01 Å². The second-order valence-corrected chi connectivity index (χ2v) is 7.52. The van der Waals surface area contributed by atoms with Crippen molar-refractivity contribution in [3.63, 3.8) is 0 Å². The van der Waals surface area contributed by atoms with Gasteiger partial charge >= 0.3 is 14.7 Å². The van der Waals surface area contributed by atoms with Crippen LogP contribution in [0.15, 0.2) is 11.0 Å². The number of halogens is 1. The largest absolute Gasteiger partial charge is 0.458 e. The summed E-state index contributed by atoms with van der Waals surface area (Å²) in [6, 6.07) is 0.234. The van der Waals surface area contributed by atoms with Gasteiger partial charge in [-0.25, -0.2) is 0 Å². The van der Waals surface area contributed by atoms with E-state index in [-0.39, 0.29) is 30.5 Å². The molecule has 2 aliphatic heterocycles. The van der Waals surface area contributed by atoms with E-state index < -0.39 is 20.4 Å². The Morgan fingerprint density at radius 1 is 1.52 bits per heavy atom. The van der Waals surface area contributed by atoms with Crippen LogP contribution in [0.3, 0.4) is 0 Å². The first-order valence-corrected chi connectivity index (χ1v) is 8.49. The summed E-state index contributed by atoms with van der Waals surface area (Å²) in [6.45, 7) is 6.99. The molecule has 0 amide bonds. The number of ether oxygens (including phenoxy) is 2. The number of aryl methyl sites for hydroxylation is 1. The molecule has 0 saturated carbocycles. The maximum Gasteiger partial charge on any atom is 0.375 e. The third kappa shape index (κ3) is 3.71. The molecule has 0 N–H and O–H groups in total. The summed E-state index contributed by atoms with van der Waals surface area (Å²) in [5.41, 5.74) is -0.414. The Morgan fingerprint density at radius 3 is 2.96 bits per heavy atom. The van der Waals surface area contributed by atoms with Crippen molar-refractivity contribution < 1.29 is 22.7 Å². The second kappa shape index (κ2) is 6.09. The molecule has 23 heavy (non-hydrogen) atoms. The quantitative estimate of drug-likeness (QED) is 0.781. The summed E-state index contributed by atoms with van der Waals surface area (Å²) in [5.74, 6) is 0. The summed E-state index contributed by atoms with van der Waals surface area (Å²) >= 11 is 0. The second-order valence-electron chi connectivity index (χ2n) is 6.65. The number of hydrogen-bond donors (Lipinski definition) is 0. The van der Waals surface area contributed by atoms with Crippen LogP contribution in [0.25, 0.3) is 0 Å². The maximum atomic E-state index is 13.7. The molecule has 1 saturated heterocycles. The van der Waals surface area contributed by atoms with E-state index in [2.05, 4.69) is 4.98 Å². The molecule has 1 unspecified atom stereocenters. The number of nitrogens with zero attached hydrogens (tertiary/aromatic N) is 2. The summed E-state index contributed by atoms with van der Waals surface area (Å²) in [5, 5.41) is 0. The lowest BCUT2D eigenvalue weighted by Crippen LogP contribution is -2.33. The van der Waals surface area contributed by atoms with Gasteiger partial charge in [-0.3, -0.25) is 9.36 Å². The van der Waals surface area contributed by atoms with Crippen molar-refractivity contribution in [1.29, 1.82) is 0 Å². The van der Waals surface area contributed by atoms with Crippen LogP contribution in [0, 0.1) is 6.92 Å². The highest BCUT2D eigenvalue weighted by Crippen LogP contribution is 2.45. The zero-order chi connectivity index (χ0) is 16.8. The van der Waals surface area contributed by atoms with E-state index in [1.165, 1.54) is 0 Å². The van der Waals surface area contributed by atoms with Gasteiger partial charge in [-0.1, -0.05) is 0 Å². The predicted molar refractivity (Wildman–Crippen MR) is 81.0 cm³/mol. The Labute approximate surface area is 134 Å². The van der Waals surface area contributed by atoms with Crippen LogP contribution in [-0.2, 0) is 13.8 Å². The maximum absolute atomic E-state index is 13.7. The van der Waals surface area contributed by atoms with Gasteiger partial charge in [0.05, 0.1) is 12.2 Å². The fraction of sp³-hybridized carbons (Fsp3) is 0.714. The van der Waals surface area contributed by atoms with Gasteiger partial charge in [-0.05, 0) is 27.7 Å². The average Bonchev–Trinajstić information content (AvgIpc) is 2.75. The monoisotopic (exact) mass is 346 g/mol. The predicted octanol–water partition coefficient (Wildman–Crippen LogP) is 2.63. The molecule has 4 atom stereocenters. The third-order valence-corrected chi connectivity index (χ3v) is 4.56. The zero-order valence-electron chi connectivity index (χ0n) is 13.5. The number of fused-ring (bicyclic) bond motifs is 4. The standard InChI is InChI=1S/C14H20FN2O5P/c1-8-6-17-11-5-9(21-13(17)16-12(8)18)10(20-11)7-19-23(15)22-14(2,3)4/h6,9-11H,5,7H2,1-4H3/t9-,10-,11-,23?/m1/s1. The van der Waals surface area contributed by atoms with Crippen LogP contribution in [-0.4, -0.2) is 34.0 Å². The zero-order valence-corrected chi connectivity index (χ0v) is 14.4. The molecule has 0 spiro atoms. The summed E-state index contributed by atoms with van der Waals surface area (Å²) in [6.07, 6.45) is 1.25. The molecule has 1 fully saturated rings. The van der Waals surface area contributed by atoms with Crippen LogP contribution in [0.5, 0.6) is 6.01 Å². The molecule has 3 rings (SSSR count). The van der Waals surface area contributed by atoms with E-state index in [4.69, 9.17) is 18.5 Å². The summed E-state index contributed by atoms with van der Waals surface area (Å²) in [4.78, 5) is 15.5. The first-order valence-electron chi connectivity index (χ1n) is 7.43. The molecule has 1 aromatic rings. The van der Waals surface area contributed by atoms with Gasteiger partial charge in [-0.2, -0.15) is 9.18 Å². The fourth-order valence-electron chi connectivity index (χ4n) is 2.50. The van der Waals surface area contributed by atoms with Crippen molar-refractivity contribution in [3.05, 3.63) is 22.1 Å². The van der Waals surface area contributed by atoms with E-state index in [0.29, 0.717) is 12.0 Å². The molecule has 0 aliphatic carbocycles. The Kier molecular flexibility index (Phi) is 4.44. The lowest BCUT2D eigenvalue weighted by molar-refractivity contribution is -0.0240. The molecule has 128 valence electrons. The molecule has 7 nitrogen and oxygen atoms in total. The van der Waals surface area contributed by atoms with E-state index in [1.807, 2.05) is 0 Å². The van der Waals surface area contributed by atoms with E-state index >= 15 is 0 Å². The molecule has 2 aliphatic rings. The number of aromatic nitrogens is 2. The Hall–Kier alpha value is -1.08. The summed E-state index contributed by atoms with van der Waals surface area (Å²) in [7, 11) is -2.48. The molecule has 9 heteroatoms. The topological polar surface area (TPSA) is 71.8 Å². The lowest BCUT2D eigenvalue weighted by Gasteiger charge is -2.24. The molecule has 2 bridgehead atoms. The van der Waals surface area contributed by atoms with Crippen molar-refractivity contribution in [2.45, 2.75) is 58.2 Å². The van der Waals surface area contributed by atoms with Crippen molar-refractivity contribution in [2.24, 2.45) is 0 Å². The smallest absolute Gasteiger partial charge is 0.375 e. The van der Waals surface area contributed by atoms with Crippen molar-refractivity contribution >= 4 is 8.69 Å².